The highest BCUT2D eigenvalue weighted by atomic mass is 16.6. The van der Waals surface area contributed by atoms with Crippen molar-refractivity contribution < 1.29 is 14.8 Å². The number of nitro groups is 1. The SMILES string of the molecule is O=C(O)c1ccc(C2(c3ccc([N+](=O)[O-])cc3)CCCCC2)cc1. The van der Waals surface area contributed by atoms with Crippen LogP contribution in [0.25, 0.3) is 0 Å². The van der Waals surface area contributed by atoms with Crippen molar-refractivity contribution in [1.82, 2.24) is 0 Å². The first-order valence-electron chi connectivity index (χ1n) is 8.12. The lowest BCUT2D eigenvalue weighted by Crippen LogP contribution is -2.30. The van der Waals surface area contributed by atoms with Crippen LogP contribution in [0.4, 0.5) is 5.69 Å². The Morgan fingerprint density at radius 3 is 1.88 bits per heavy atom. The fourth-order valence-corrected chi connectivity index (χ4v) is 3.73. The van der Waals surface area contributed by atoms with Gasteiger partial charge in [-0.1, -0.05) is 43.5 Å². The average molecular weight is 325 g/mol. The Hall–Kier alpha value is -2.69. The highest BCUT2D eigenvalue weighted by molar-refractivity contribution is 5.87. The molecule has 5 nitrogen and oxygen atoms in total. The average Bonchev–Trinajstić information content (AvgIpc) is 2.62. The first kappa shape index (κ1) is 16.2. The summed E-state index contributed by atoms with van der Waals surface area (Å²) in [5.41, 5.74) is 2.32. The van der Waals surface area contributed by atoms with Gasteiger partial charge in [0, 0.05) is 17.5 Å². The van der Waals surface area contributed by atoms with Crippen molar-refractivity contribution >= 4 is 11.7 Å². The zero-order chi connectivity index (χ0) is 17.2. The summed E-state index contributed by atoms with van der Waals surface area (Å²) in [5, 5.41) is 20.0. The van der Waals surface area contributed by atoms with Crippen LogP contribution >= 0.6 is 0 Å². The molecule has 1 fully saturated rings. The van der Waals surface area contributed by atoms with Gasteiger partial charge >= 0.3 is 5.97 Å². The van der Waals surface area contributed by atoms with Crippen LogP contribution in [0.5, 0.6) is 0 Å². The van der Waals surface area contributed by atoms with Gasteiger partial charge in [-0.05, 0) is 36.1 Å². The molecule has 0 radical (unpaired) electrons. The van der Waals surface area contributed by atoms with E-state index in [1.54, 1.807) is 24.3 Å². The van der Waals surface area contributed by atoms with Gasteiger partial charge < -0.3 is 5.11 Å². The molecule has 0 spiro atoms. The fraction of sp³-hybridized carbons (Fsp3) is 0.316. The van der Waals surface area contributed by atoms with Gasteiger partial charge in [0.1, 0.15) is 0 Å². The zero-order valence-corrected chi connectivity index (χ0v) is 13.3. The van der Waals surface area contributed by atoms with E-state index < -0.39 is 5.97 Å². The molecule has 1 N–H and O–H groups in total. The van der Waals surface area contributed by atoms with E-state index in [4.69, 9.17) is 5.11 Å². The van der Waals surface area contributed by atoms with Crippen LogP contribution in [0.2, 0.25) is 0 Å². The van der Waals surface area contributed by atoms with Crippen molar-refractivity contribution in [1.29, 1.82) is 0 Å². The van der Waals surface area contributed by atoms with Gasteiger partial charge in [0.15, 0.2) is 0 Å². The molecule has 0 aromatic heterocycles. The number of nitro benzene ring substituents is 1. The Morgan fingerprint density at radius 1 is 0.917 bits per heavy atom. The molecule has 2 aromatic rings. The summed E-state index contributed by atoms with van der Waals surface area (Å²) in [6.45, 7) is 0. The van der Waals surface area contributed by atoms with Crippen LogP contribution in [-0.2, 0) is 5.41 Å². The quantitative estimate of drug-likeness (QED) is 0.661. The number of carboxylic acid groups (broad SMARTS) is 1. The molecule has 124 valence electrons. The number of non-ortho nitro benzene ring substituents is 1. The maximum absolute atomic E-state index is 11.1. The third-order valence-electron chi connectivity index (χ3n) is 5.02. The summed E-state index contributed by atoms with van der Waals surface area (Å²) in [7, 11) is 0. The van der Waals surface area contributed by atoms with Crippen molar-refractivity contribution in [3.8, 4) is 0 Å². The summed E-state index contributed by atoms with van der Waals surface area (Å²) in [4.78, 5) is 21.6. The zero-order valence-electron chi connectivity index (χ0n) is 13.3. The number of carbonyl (C=O) groups is 1. The van der Waals surface area contributed by atoms with E-state index in [-0.39, 0.29) is 21.6 Å². The second-order valence-corrected chi connectivity index (χ2v) is 6.33. The van der Waals surface area contributed by atoms with Gasteiger partial charge in [-0.3, -0.25) is 10.1 Å². The van der Waals surface area contributed by atoms with Gasteiger partial charge in [-0.15, -0.1) is 0 Å². The highest BCUT2D eigenvalue weighted by Gasteiger charge is 2.35. The lowest BCUT2D eigenvalue weighted by molar-refractivity contribution is -0.384. The van der Waals surface area contributed by atoms with Crippen LogP contribution in [-0.4, -0.2) is 16.0 Å². The van der Waals surface area contributed by atoms with Crippen LogP contribution in [0, 0.1) is 10.1 Å². The monoisotopic (exact) mass is 325 g/mol. The van der Waals surface area contributed by atoms with E-state index in [2.05, 4.69) is 0 Å². The third kappa shape index (κ3) is 2.89. The molecule has 0 heterocycles. The minimum atomic E-state index is -0.936. The fourth-order valence-electron chi connectivity index (χ4n) is 3.73. The van der Waals surface area contributed by atoms with Crippen LogP contribution in [0.15, 0.2) is 48.5 Å². The molecule has 1 aliphatic carbocycles. The summed E-state index contributed by atoms with van der Waals surface area (Å²) < 4.78 is 0. The first-order valence-corrected chi connectivity index (χ1v) is 8.12. The number of rotatable bonds is 4. The normalized spacial score (nSPS) is 16.5. The number of benzene rings is 2. The molecule has 0 atom stereocenters. The van der Waals surface area contributed by atoms with Crippen molar-refractivity contribution in [3.63, 3.8) is 0 Å². The number of carboxylic acids is 1. The van der Waals surface area contributed by atoms with Crippen LogP contribution in [0.1, 0.15) is 53.6 Å². The first-order chi connectivity index (χ1) is 11.5. The highest BCUT2D eigenvalue weighted by Crippen LogP contribution is 2.45. The number of nitrogens with zero attached hydrogens (tertiary/aromatic N) is 1. The molecule has 5 heteroatoms. The molecular formula is C19H19NO4. The van der Waals surface area contributed by atoms with Crippen molar-refractivity contribution in [2.24, 2.45) is 0 Å². The third-order valence-corrected chi connectivity index (χ3v) is 5.02. The number of aromatic carboxylic acids is 1. The molecule has 0 aliphatic heterocycles. The predicted octanol–water partition coefficient (Wildman–Crippen LogP) is 4.54. The maximum atomic E-state index is 11.1. The van der Waals surface area contributed by atoms with E-state index in [1.807, 2.05) is 24.3 Å². The van der Waals surface area contributed by atoms with Gasteiger partial charge in [-0.2, -0.15) is 0 Å². The summed E-state index contributed by atoms with van der Waals surface area (Å²) >= 11 is 0. The van der Waals surface area contributed by atoms with E-state index in [0.717, 1.165) is 36.8 Å². The second-order valence-electron chi connectivity index (χ2n) is 6.33. The van der Waals surface area contributed by atoms with E-state index in [0.29, 0.717) is 0 Å². The van der Waals surface area contributed by atoms with Gasteiger partial charge in [-0.25, -0.2) is 4.79 Å². The van der Waals surface area contributed by atoms with E-state index in [9.17, 15) is 14.9 Å². The number of hydrogen-bond acceptors (Lipinski definition) is 3. The molecule has 1 saturated carbocycles. The van der Waals surface area contributed by atoms with Crippen molar-refractivity contribution in [2.75, 3.05) is 0 Å². The Bertz CT molecular complexity index is 684. The maximum Gasteiger partial charge on any atom is 0.335 e. The van der Waals surface area contributed by atoms with Crippen molar-refractivity contribution in [3.05, 3.63) is 75.3 Å². The van der Waals surface area contributed by atoms with E-state index in [1.165, 1.54) is 6.42 Å². The Balaban J connectivity index is 2.04. The van der Waals surface area contributed by atoms with Crippen LogP contribution in [0.3, 0.4) is 0 Å². The molecule has 2 aromatic carbocycles. The molecule has 0 saturated heterocycles. The minimum absolute atomic E-state index is 0.0888. The minimum Gasteiger partial charge on any atom is -0.478 e. The summed E-state index contributed by atoms with van der Waals surface area (Å²) in [5.74, 6) is -0.936. The van der Waals surface area contributed by atoms with Gasteiger partial charge in [0.05, 0.1) is 10.5 Å². The van der Waals surface area contributed by atoms with Gasteiger partial charge in [0.2, 0.25) is 0 Å². The topological polar surface area (TPSA) is 80.4 Å². The number of hydrogen-bond donors (Lipinski definition) is 1. The Kier molecular flexibility index (Phi) is 4.34. The van der Waals surface area contributed by atoms with Crippen molar-refractivity contribution in [2.45, 2.75) is 37.5 Å². The Labute approximate surface area is 140 Å². The summed E-state index contributed by atoms with van der Waals surface area (Å²) in [6.07, 6.45) is 5.31. The molecule has 0 unspecified atom stereocenters. The smallest absolute Gasteiger partial charge is 0.335 e. The molecule has 1 aliphatic rings. The Morgan fingerprint density at radius 2 is 1.42 bits per heavy atom. The molecule has 0 amide bonds. The second kappa shape index (κ2) is 6.43. The van der Waals surface area contributed by atoms with E-state index >= 15 is 0 Å². The molecular weight excluding hydrogens is 306 g/mol. The molecule has 0 bridgehead atoms. The predicted molar refractivity (Wildman–Crippen MR) is 90.4 cm³/mol. The molecule has 3 rings (SSSR count). The van der Waals surface area contributed by atoms with Crippen LogP contribution < -0.4 is 0 Å². The lowest BCUT2D eigenvalue weighted by atomic mass is 9.65. The standard InChI is InChI=1S/C19H19NO4/c21-18(22)14-4-6-15(7-5-14)19(12-2-1-3-13-19)16-8-10-17(11-9-16)20(23)24/h4-11H,1-3,12-13H2,(H,21,22). The largest absolute Gasteiger partial charge is 0.478 e. The summed E-state index contributed by atoms with van der Waals surface area (Å²) in [6, 6.07) is 13.8. The van der Waals surface area contributed by atoms with Gasteiger partial charge in [0.25, 0.3) is 5.69 Å². The molecule has 24 heavy (non-hydrogen) atoms. The lowest BCUT2D eigenvalue weighted by Gasteiger charge is -2.38.